The number of carbonyl (C=O) groups is 1. The second-order valence-electron chi connectivity index (χ2n) is 6.54. The first-order valence-corrected chi connectivity index (χ1v) is 9.01. The summed E-state index contributed by atoms with van der Waals surface area (Å²) in [6.45, 7) is 1.13. The molecule has 0 unspecified atom stereocenters. The SMILES string of the molecule is O=C(NC(c1ccccc1)c1ccccc1)N1CC(Oc2cccnc2)C1. The van der Waals surface area contributed by atoms with Crippen LogP contribution < -0.4 is 10.1 Å². The molecule has 1 N–H and O–H groups in total. The number of likely N-dealkylation sites (tertiary alicyclic amines) is 1. The highest BCUT2D eigenvalue weighted by Gasteiger charge is 2.33. The number of amides is 2. The number of rotatable bonds is 5. The molecule has 0 atom stereocenters. The smallest absolute Gasteiger partial charge is 0.318 e. The van der Waals surface area contributed by atoms with Crippen LogP contribution in [0.1, 0.15) is 17.2 Å². The number of aromatic nitrogens is 1. The molecule has 1 fully saturated rings. The summed E-state index contributed by atoms with van der Waals surface area (Å²) in [5.74, 6) is 0.731. The summed E-state index contributed by atoms with van der Waals surface area (Å²) in [5.41, 5.74) is 2.11. The predicted molar refractivity (Wildman–Crippen MR) is 103 cm³/mol. The van der Waals surface area contributed by atoms with Crippen LogP contribution in [0, 0.1) is 0 Å². The number of urea groups is 1. The summed E-state index contributed by atoms with van der Waals surface area (Å²) in [6.07, 6.45) is 3.40. The van der Waals surface area contributed by atoms with Crippen molar-refractivity contribution >= 4 is 6.03 Å². The molecule has 0 aliphatic carbocycles. The number of ether oxygens (including phenoxy) is 1. The molecule has 1 aliphatic rings. The lowest BCUT2D eigenvalue weighted by atomic mass is 9.99. The van der Waals surface area contributed by atoms with Crippen LogP contribution in [0.25, 0.3) is 0 Å². The molecule has 1 aromatic heterocycles. The van der Waals surface area contributed by atoms with Crippen LogP contribution >= 0.6 is 0 Å². The fourth-order valence-electron chi connectivity index (χ4n) is 3.15. The highest BCUT2D eigenvalue weighted by molar-refractivity contribution is 5.76. The van der Waals surface area contributed by atoms with Gasteiger partial charge in [0.1, 0.15) is 11.9 Å². The van der Waals surface area contributed by atoms with E-state index in [0.29, 0.717) is 13.1 Å². The Bertz CT molecular complexity index is 826. The molecular formula is C22H21N3O2. The van der Waals surface area contributed by atoms with Crippen LogP contribution in [-0.2, 0) is 0 Å². The van der Waals surface area contributed by atoms with E-state index in [-0.39, 0.29) is 18.2 Å². The Labute approximate surface area is 158 Å². The van der Waals surface area contributed by atoms with Gasteiger partial charge in [-0.2, -0.15) is 0 Å². The zero-order valence-electron chi connectivity index (χ0n) is 14.9. The van der Waals surface area contributed by atoms with Gasteiger partial charge in [-0.25, -0.2) is 4.79 Å². The second kappa shape index (κ2) is 7.91. The van der Waals surface area contributed by atoms with Gasteiger partial charge in [0, 0.05) is 6.20 Å². The molecule has 2 aromatic carbocycles. The second-order valence-corrected chi connectivity index (χ2v) is 6.54. The molecule has 0 bridgehead atoms. The Morgan fingerprint density at radius 1 is 0.963 bits per heavy atom. The third kappa shape index (κ3) is 4.08. The Morgan fingerprint density at radius 3 is 2.15 bits per heavy atom. The van der Waals surface area contributed by atoms with Crippen LogP contribution in [0.4, 0.5) is 4.79 Å². The number of pyridine rings is 1. The minimum atomic E-state index is -0.182. The topological polar surface area (TPSA) is 54.5 Å². The van der Waals surface area contributed by atoms with Gasteiger partial charge < -0.3 is 15.0 Å². The average molecular weight is 359 g/mol. The van der Waals surface area contributed by atoms with E-state index in [1.165, 1.54) is 0 Å². The highest BCUT2D eigenvalue weighted by atomic mass is 16.5. The standard InChI is InChI=1S/C22H21N3O2/c26-22(25-15-20(16-25)27-19-12-7-13-23-14-19)24-21(17-8-3-1-4-9-17)18-10-5-2-6-11-18/h1-14,20-21H,15-16H2,(H,24,26). The predicted octanol–water partition coefficient (Wildman–Crippen LogP) is 3.64. The molecule has 0 spiro atoms. The van der Waals surface area contributed by atoms with E-state index in [9.17, 15) is 4.79 Å². The molecule has 3 aromatic rings. The Balaban J connectivity index is 1.40. The molecule has 5 heteroatoms. The molecule has 2 amide bonds. The zero-order valence-corrected chi connectivity index (χ0v) is 14.9. The van der Waals surface area contributed by atoms with Gasteiger partial charge in [0.05, 0.1) is 25.3 Å². The van der Waals surface area contributed by atoms with Crippen molar-refractivity contribution in [2.75, 3.05) is 13.1 Å². The molecular weight excluding hydrogens is 338 g/mol. The first kappa shape index (κ1) is 17.1. The summed E-state index contributed by atoms with van der Waals surface area (Å²) in [7, 11) is 0. The van der Waals surface area contributed by atoms with E-state index >= 15 is 0 Å². The lowest BCUT2D eigenvalue weighted by molar-refractivity contribution is 0.0436. The third-order valence-corrected chi connectivity index (χ3v) is 4.61. The lowest BCUT2D eigenvalue weighted by Gasteiger charge is -2.39. The first-order valence-electron chi connectivity index (χ1n) is 9.01. The van der Waals surface area contributed by atoms with Crippen LogP contribution in [0.5, 0.6) is 5.75 Å². The number of nitrogens with one attached hydrogen (secondary N) is 1. The third-order valence-electron chi connectivity index (χ3n) is 4.61. The van der Waals surface area contributed by atoms with Gasteiger partial charge in [-0.15, -0.1) is 0 Å². The average Bonchev–Trinajstić information content (AvgIpc) is 2.70. The van der Waals surface area contributed by atoms with Crippen molar-refractivity contribution in [3.05, 3.63) is 96.3 Å². The highest BCUT2D eigenvalue weighted by Crippen LogP contribution is 2.23. The molecule has 136 valence electrons. The first-order chi connectivity index (χ1) is 13.3. The van der Waals surface area contributed by atoms with Gasteiger partial charge in [0.2, 0.25) is 0 Å². The molecule has 1 aliphatic heterocycles. The van der Waals surface area contributed by atoms with E-state index in [1.54, 1.807) is 17.3 Å². The molecule has 5 nitrogen and oxygen atoms in total. The summed E-state index contributed by atoms with van der Waals surface area (Å²) < 4.78 is 5.82. The molecule has 1 saturated heterocycles. The maximum Gasteiger partial charge on any atom is 0.318 e. The van der Waals surface area contributed by atoms with Crippen LogP contribution in [0.15, 0.2) is 85.2 Å². The summed E-state index contributed by atoms with van der Waals surface area (Å²) >= 11 is 0. The van der Waals surface area contributed by atoms with Gasteiger partial charge in [-0.3, -0.25) is 4.98 Å². The summed E-state index contributed by atoms with van der Waals surface area (Å²) in [6, 6.07) is 23.5. The van der Waals surface area contributed by atoms with Crippen molar-refractivity contribution in [3.8, 4) is 5.75 Å². The maximum absolute atomic E-state index is 12.7. The van der Waals surface area contributed by atoms with Crippen molar-refractivity contribution in [3.63, 3.8) is 0 Å². The Kier molecular flexibility index (Phi) is 5.01. The minimum absolute atomic E-state index is 0.00634. The fraction of sp³-hybridized carbons (Fsp3) is 0.182. The van der Waals surface area contributed by atoms with Crippen molar-refractivity contribution in [2.45, 2.75) is 12.1 Å². The van der Waals surface area contributed by atoms with E-state index in [1.807, 2.05) is 72.8 Å². The van der Waals surface area contributed by atoms with E-state index in [0.717, 1.165) is 16.9 Å². The quantitative estimate of drug-likeness (QED) is 0.757. The number of benzene rings is 2. The molecule has 0 radical (unpaired) electrons. The maximum atomic E-state index is 12.7. The molecule has 27 heavy (non-hydrogen) atoms. The van der Waals surface area contributed by atoms with E-state index in [2.05, 4.69) is 10.3 Å². The van der Waals surface area contributed by atoms with E-state index < -0.39 is 0 Å². The van der Waals surface area contributed by atoms with Crippen molar-refractivity contribution in [1.29, 1.82) is 0 Å². The van der Waals surface area contributed by atoms with Gasteiger partial charge in [-0.1, -0.05) is 60.7 Å². The van der Waals surface area contributed by atoms with E-state index in [4.69, 9.17) is 4.74 Å². The Hall–Kier alpha value is -3.34. The Morgan fingerprint density at radius 2 is 1.59 bits per heavy atom. The van der Waals surface area contributed by atoms with Crippen LogP contribution in [-0.4, -0.2) is 35.1 Å². The number of nitrogens with zero attached hydrogens (tertiary/aromatic N) is 2. The summed E-state index contributed by atoms with van der Waals surface area (Å²) in [4.78, 5) is 18.5. The van der Waals surface area contributed by atoms with Crippen molar-refractivity contribution in [1.82, 2.24) is 15.2 Å². The van der Waals surface area contributed by atoms with Gasteiger partial charge in [0.15, 0.2) is 0 Å². The number of hydrogen-bond acceptors (Lipinski definition) is 3. The van der Waals surface area contributed by atoms with Crippen molar-refractivity contribution < 1.29 is 9.53 Å². The molecule has 4 rings (SSSR count). The van der Waals surface area contributed by atoms with Crippen LogP contribution in [0.2, 0.25) is 0 Å². The van der Waals surface area contributed by atoms with Crippen molar-refractivity contribution in [2.24, 2.45) is 0 Å². The number of carbonyl (C=O) groups excluding carboxylic acids is 1. The van der Waals surface area contributed by atoms with Gasteiger partial charge in [0.25, 0.3) is 0 Å². The zero-order chi connectivity index (χ0) is 18.5. The summed E-state index contributed by atoms with van der Waals surface area (Å²) in [5, 5.41) is 3.16. The normalized spacial score (nSPS) is 13.9. The molecule has 0 saturated carbocycles. The minimum Gasteiger partial charge on any atom is -0.485 e. The van der Waals surface area contributed by atoms with Crippen LogP contribution in [0.3, 0.4) is 0 Å². The van der Waals surface area contributed by atoms with Gasteiger partial charge >= 0.3 is 6.03 Å². The monoisotopic (exact) mass is 359 g/mol. The largest absolute Gasteiger partial charge is 0.485 e. The fourth-order valence-corrected chi connectivity index (χ4v) is 3.15. The lowest BCUT2D eigenvalue weighted by Crippen LogP contribution is -2.59. The number of hydrogen-bond donors (Lipinski definition) is 1. The molecule has 2 heterocycles. The van der Waals surface area contributed by atoms with Gasteiger partial charge in [-0.05, 0) is 23.3 Å².